The van der Waals surface area contributed by atoms with E-state index in [2.05, 4.69) is 38.1 Å². The first kappa shape index (κ1) is 16.2. The van der Waals surface area contributed by atoms with E-state index < -0.39 is 6.04 Å². The highest BCUT2D eigenvalue weighted by atomic mass is 79.9. The van der Waals surface area contributed by atoms with Gasteiger partial charge in [-0.25, -0.2) is 14.9 Å². The third kappa shape index (κ3) is 2.22. The first-order chi connectivity index (χ1) is 12.7. The van der Waals surface area contributed by atoms with Crippen molar-refractivity contribution in [2.75, 3.05) is 18.0 Å². The Hall–Kier alpha value is -2.02. The van der Waals surface area contributed by atoms with Gasteiger partial charge >= 0.3 is 0 Å². The fourth-order valence-electron chi connectivity index (χ4n) is 4.63. The molecule has 3 aliphatic heterocycles. The molecule has 132 valence electrons. The van der Waals surface area contributed by atoms with Crippen molar-refractivity contribution >= 4 is 33.4 Å². The summed E-state index contributed by atoms with van der Waals surface area (Å²) in [5.74, 6) is -0.561. The number of anilines is 1. The number of fused-ring (bicyclic) bond motifs is 3. The van der Waals surface area contributed by atoms with Crippen LogP contribution < -0.4 is 4.90 Å². The number of imide groups is 1. The van der Waals surface area contributed by atoms with Crippen molar-refractivity contribution in [2.24, 2.45) is 5.92 Å². The van der Waals surface area contributed by atoms with Crippen LogP contribution in [0.15, 0.2) is 59.1 Å². The molecule has 3 unspecified atom stereocenters. The standard InChI is InChI=1S/C20H18BrN3O2/c21-14-8-4-9-15(12-14)24-19(25)16-17(13-6-2-1-3-7-13)22-10-5-11-23(22)18(16)20(24)26/h1-4,6-9,12,16-18H,5,10-11H2. The number of carbonyl (C=O) groups excluding carboxylic acids is 2. The van der Waals surface area contributed by atoms with Gasteiger partial charge in [-0.2, -0.15) is 0 Å². The summed E-state index contributed by atoms with van der Waals surface area (Å²) in [5.41, 5.74) is 1.74. The smallest absolute Gasteiger partial charge is 0.253 e. The molecule has 0 N–H and O–H groups in total. The molecule has 0 bridgehead atoms. The lowest BCUT2D eigenvalue weighted by atomic mass is 9.90. The third-order valence-corrected chi connectivity index (χ3v) is 6.11. The van der Waals surface area contributed by atoms with Gasteiger partial charge in [0.1, 0.15) is 6.04 Å². The van der Waals surface area contributed by atoms with Gasteiger partial charge in [0.2, 0.25) is 5.91 Å². The van der Waals surface area contributed by atoms with Crippen molar-refractivity contribution < 1.29 is 9.59 Å². The summed E-state index contributed by atoms with van der Waals surface area (Å²) in [6.07, 6.45) is 1.02. The second kappa shape index (κ2) is 6.01. The van der Waals surface area contributed by atoms with Gasteiger partial charge in [0, 0.05) is 17.6 Å². The van der Waals surface area contributed by atoms with Gasteiger partial charge in [0.25, 0.3) is 5.91 Å². The average molecular weight is 412 g/mol. The van der Waals surface area contributed by atoms with Crippen LogP contribution in [0.4, 0.5) is 5.69 Å². The number of hydrogen-bond donors (Lipinski definition) is 0. The van der Waals surface area contributed by atoms with E-state index >= 15 is 0 Å². The quantitative estimate of drug-likeness (QED) is 0.712. The molecule has 5 rings (SSSR count). The highest BCUT2D eigenvalue weighted by Crippen LogP contribution is 2.48. The Bertz CT molecular complexity index is 888. The molecule has 2 amide bonds. The Kier molecular flexibility index (Phi) is 3.74. The van der Waals surface area contributed by atoms with Crippen molar-refractivity contribution in [3.8, 4) is 0 Å². The van der Waals surface area contributed by atoms with E-state index in [0.29, 0.717) is 5.69 Å². The minimum absolute atomic E-state index is 0.0719. The fourth-order valence-corrected chi connectivity index (χ4v) is 5.02. The Labute approximate surface area is 160 Å². The molecule has 3 atom stereocenters. The molecule has 3 heterocycles. The van der Waals surface area contributed by atoms with E-state index in [0.717, 1.165) is 29.5 Å². The van der Waals surface area contributed by atoms with E-state index in [1.165, 1.54) is 4.90 Å². The molecule has 0 radical (unpaired) electrons. The summed E-state index contributed by atoms with van der Waals surface area (Å²) in [4.78, 5) is 28.0. The summed E-state index contributed by atoms with van der Waals surface area (Å²) in [5, 5.41) is 4.36. The zero-order valence-corrected chi connectivity index (χ0v) is 15.7. The Morgan fingerprint density at radius 3 is 2.31 bits per heavy atom. The van der Waals surface area contributed by atoms with Crippen LogP contribution in [-0.4, -0.2) is 41.0 Å². The van der Waals surface area contributed by atoms with Gasteiger partial charge in [-0.3, -0.25) is 9.59 Å². The van der Waals surface area contributed by atoms with Crippen LogP contribution in [0.3, 0.4) is 0 Å². The van der Waals surface area contributed by atoms with Crippen LogP contribution in [0.5, 0.6) is 0 Å². The lowest BCUT2D eigenvalue weighted by molar-refractivity contribution is -0.126. The number of hydrazine groups is 1. The molecular weight excluding hydrogens is 394 g/mol. The summed E-state index contributed by atoms with van der Waals surface area (Å²) in [7, 11) is 0. The fraction of sp³-hybridized carbons (Fsp3) is 0.300. The van der Waals surface area contributed by atoms with Crippen LogP contribution in [0, 0.1) is 5.92 Å². The molecule has 0 aromatic heterocycles. The molecule has 5 nitrogen and oxygen atoms in total. The van der Waals surface area contributed by atoms with Crippen molar-refractivity contribution in [2.45, 2.75) is 18.5 Å². The maximum absolute atomic E-state index is 13.4. The SMILES string of the molecule is O=C1C2C(C(=O)N1c1cccc(Br)c1)N1CCCN1C2c1ccccc1. The molecule has 26 heavy (non-hydrogen) atoms. The second-order valence-electron chi connectivity index (χ2n) is 7.00. The summed E-state index contributed by atoms with van der Waals surface area (Å²) in [6, 6.07) is 17.0. The average Bonchev–Trinajstić information content (AvgIpc) is 3.28. The molecule has 6 heteroatoms. The number of nitrogens with zero attached hydrogens (tertiary/aromatic N) is 3. The van der Waals surface area contributed by atoms with Gasteiger partial charge in [-0.15, -0.1) is 0 Å². The highest BCUT2D eigenvalue weighted by molar-refractivity contribution is 9.10. The molecule has 2 aromatic carbocycles. The Morgan fingerprint density at radius 1 is 0.846 bits per heavy atom. The molecular formula is C20H18BrN3O2. The van der Waals surface area contributed by atoms with Crippen molar-refractivity contribution in [3.05, 3.63) is 64.6 Å². The number of hydrogen-bond acceptors (Lipinski definition) is 4. The Morgan fingerprint density at radius 2 is 1.58 bits per heavy atom. The predicted octanol–water partition coefficient (Wildman–Crippen LogP) is 2.98. The monoisotopic (exact) mass is 411 g/mol. The molecule has 3 saturated heterocycles. The minimum Gasteiger partial charge on any atom is -0.274 e. The second-order valence-corrected chi connectivity index (χ2v) is 7.91. The Balaban J connectivity index is 1.60. The zero-order valence-electron chi connectivity index (χ0n) is 14.1. The molecule has 0 spiro atoms. The van der Waals surface area contributed by atoms with Gasteiger partial charge in [-0.1, -0.05) is 52.3 Å². The number of halogens is 1. The van der Waals surface area contributed by atoms with Crippen molar-refractivity contribution in [1.82, 2.24) is 10.0 Å². The topological polar surface area (TPSA) is 43.9 Å². The maximum atomic E-state index is 13.4. The van der Waals surface area contributed by atoms with E-state index in [4.69, 9.17) is 0 Å². The van der Waals surface area contributed by atoms with E-state index in [1.807, 2.05) is 42.5 Å². The highest BCUT2D eigenvalue weighted by Gasteiger charge is 2.62. The predicted molar refractivity (Wildman–Crippen MR) is 101 cm³/mol. The largest absolute Gasteiger partial charge is 0.274 e. The summed E-state index contributed by atoms with van der Waals surface area (Å²) < 4.78 is 0.857. The van der Waals surface area contributed by atoms with Gasteiger partial charge in [0.05, 0.1) is 17.6 Å². The first-order valence-electron chi connectivity index (χ1n) is 8.88. The lowest BCUT2D eigenvalue weighted by Crippen LogP contribution is -2.44. The summed E-state index contributed by atoms with van der Waals surface area (Å²) >= 11 is 3.44. The normalized spacial score (nSPS) is 28.7. The van der Waals surface area contributed by atoms with Gasteiger partial charge < -0.3 is 0 Å². The van der Waals surface area contributed by atoms with Crippen LogP contribution in [0.2, 0.25) is 0 Å². The molecule has 3 aliphatic rings. The molecule has 2 aromatic rings. The number of rotatable bonds is 2. The number of carbonyl (C=O) groups is 2. The summed E-state index contributed by atoms with van der Waals surface area (Å²) in [6.45, 7) is 1.72. The van der Waals surface area contributed by atoms with E-state index in [9.17, 15) is 9.59 Å². The van der Waals surface area contributed by atoms with Crippen LogP contribution in [-0.2, 0) is 9.59 Å². The molecule has 3 fully saturated rings. The van der Waals surface area contributed by atoms with Crippen LogP contribution >= 0.6 is 15.9 Å². The zero-order chi connectivity index (χ0) is 17.8. The lowest BCUT2D eigenvalue weighted by Gasteiger charge is -2.29. The van der Waals surface area contributed by atoms with E-state index in [1.54, 1.807) is 0 Å². The molecule has 0 aliphatic carbocycles. The third-order valence-electron chi connectivity index (χ3n) is 5.61. The van der Waals surface area contributed by atoms with Crippen LogP contribution in [0.25, 0.3) is 0 Å². The number of benzene rings is 2. The van der Waals surface area contributed by atoms with Crippen LogP contribution in [0.1, 0.15) is 18.0 Å². The minimum atomic E-state index is -0.394. The van der Waals surface area contributed by atoms with Crippen molar-refractivity contribution in [1.29, 1.82) is 0 Å². The molecule has 0 saturated carbocycles. The first-order valence-corrected chi connectivity index (χ1v) is 9.67. The van der Waals surface area contributed by atoms with Gasteiger partial charge in [0.15, 0.2) is 0 Å². The maximum Gasteiger partial charge on any atom is 0.253 e. The van der Waals surface area contributed by atoms with Gasteiger partial charge in [-0.05, 0) is 30.2 Å². The number of amides is 2. The van der Waals surface area contributed by atoms with Crippen molar-refractivity contribution in [3.63, 3.8) is 0 Å². The van der Waals surface area contributed by atoms with E-state index in [-0.39, 0.29) is 23.8 Å².